The first-order chi connectivity index (χ1) is 8.71. The molecule has 1 N–H and O–H groups in total. The highest BCUT2D eigenvalue weighted by Gasteiger charge is 2.27. The molecule has 1 fully saturated rings. The van der Waals surface area contributed by atoms with Gasteiger partial charge in [0.15, 0.2) is 0 Å². The Morgan fingerprint density at radius 3 is 2.67 bits per heavy atom. The zero-order chi connectivity index (χ0) is 13.4. The smallest absolute Gasteiger partial charge is 0.0672 e. The van der Waals surface area contributed by atoms with Crippen LogP contribution in [0.4, 0.5) is 0 Å². The van der Waals surface area contributed by atoms with E-state index in [1.165, 1.54) is 32.2 Å². The lowest BCUT2D eigenvalue weighted by atomic mass is 10.0. The summed E-state index contributed by atoms with van der Waals surface area (Å²) in [6, 6.07) is 3.43. The van der Waals surface area contributed by atoms with Gasteiger partial charge in [-0.3, -0.25) is 0 Å². The van der Waals surface area contributed by atoms with Crippen LogP contribution in [0, 0.1) is 17.2 Å². The van der Waals surface area contributed by atoms with E-state index in [4.69, 9.17) is 5.26 Å². The Labute approximate surface area is 113 Å². The Morgan fingerprint density at radius 1 is 1.33 bits per heavy atom. The number of nitrogens with zero attached hydrogens (tertiary/aromatic N) is 2. The molecule has 1 rings (SSSR count). The first-order valence-electron chi connectivity index (χ1n) is 7.59. The number of rotatable bonds is 8. The van der Waals surface area contributed by atoms with E-state index in [1.54, 1.807) is 0 Å². The molecule has 18 heavy (non-hydrogen) atoms. The second-order valence-electron chi connectivity index (χ2n) is 5.51. The third-order valence-corrected chi connectivity index (χ3v) is 4.19. The van der Waals surface area contributed by atoms with Crippen molar-refractivity contribution in [2.24, 2.45) is 5.92 Å². The number of nitrogens with one attached hydrogen (secondary N) is 1. The maximum absolute atomic E-state index is 9.07. The lowest BCUT2D eigenvalue weighted by Gasteiger charge is -2.23. The summed E-state index contributed by atoms with van der Waals surface area (Å²) in [5, 5.41) is 12.7. The van der Waals surface area contributed by atoms with Gasteiger partial charge in [-0.1, -0.05) is 20.3 Å². The van der Waals surface area contributed by atoms with Crippen LogP contribution in [0.1, 0.15) is 52.9 Å². The lowest BCUT2D eigenvalue weighted by Crippen LogP contribution is -2.39. The SMILES string of the molecule is CCN(CC)CCCC(C)NC1CCCC1C#N. The summed E-state index contributed by atoms with van der Waals surface area (Å²) in [4.78, 5) is 2.47. The Bertz CT molecular complexity index is 255. The second-order valence-corrected chi connectivity index (χ2v) is 5.51. The van der Waals surface area contributed by atoms with Gasteiger partial charge in [-0.2, -0.15) is 5.26 Å². The van der Waals surface area contributed by atoms with Crippen LogP contribution in [0.25, 0.3) is 0 Å². The Hall–Kier alpha value is -0.590. The molecule has 1 aliphatic rings. The summed E-state index contributed by atoms with van der Waals surface area (Å²) < 4.78 is 0. The van der Waals surface area contributed by atoms with Crippen molar-refractivity contribution in [3.8, 4) is 6.07 Å². The fourth-order valence-corrected chi connectivity index (χ4v) is 2.92. The summed E-state index contributed by atoms with van der Waals surface area (Å²) in [5.74, 6) is 0.246. The highest BCUT2D eigenvalue weighted by Crippen LogP contribution is 2.25. The van der Waals surface area contributed by atoms with E-state index in [0.717, 1.165) is 19.5 Å². The van der Waals surface area contributed by atoms with Gasteiger partial charge in [0.05, 0.1) is 12.0 Å². The third kappa shape index (κ3) is 4.96. The maximum atomic E-state index is 9.07. The summed E-state index contributed by atoms with van der Waals surface area (Å²) in [5.41, 5.74) is 0. The molecule has 0 spiro atoms. The van der Waals surface area contributed by atoms with Gasteiger partial charge < -0.3 is 10.2 Å². The van der Waals surface area contributed by atoms with Crippen LogP contribution in [0.3, 0.4) is 0 Å². The molecule has 0 aromatic rings. The first-order valence-corrected chi connectivity index (χ1v) is 7.59. The highest BCUT2D eigenvalue weighted by molar-refractivity contribution is 4.97. The zero-order valence-electron chi connectivity index (χ0n) is 12.3. The molecule has 104 valence electrons. The first kappa shape index (κ1) is 15.5. The monoisotopic (exact) mass is 251 g/mol. The van der Waals surface area contributed by atoms with Crippen molar-refractivity contribution in [2.45, 2.75) is 65.0 Å². The molecule has 3 nitrogen and oxygen atoms in total. The summed E-state index contributed by atoms with van der Waals surface area (Å²) >= 11 is 0. The normalized spacial score (nSPS) is 25.3. The largest absolute Gasteiger partial charge is 0.310 e. The highest BCUT2D eigenvalue weighted by atomic mass is 15.1. The molecule has 1 aliphatic carbocycles. The van der Waals surface area contributed by atoms with Gasteiger partial charge in [0.2, 0.25) is 0 Å². The van der Waals surface area contributed by atoms with E-state index in [0.29, 0.717) is 12.1 Å². The van der Waals surface area contributed by atoms with E-state index in [2.05, 4.69) is 37.1 Å². The molecule has 0 radical (unpaired) electrons. The van der Waals surface area contributed by atoms with Crippen molar-refractivity contribution >= 4 is 0 Å². The van der Waals surface area contributed by atoms with E-state index in [1.807, 2.05) is 0 Å². The van der Waals surface area contributed by atoms with Crippen LogP contribution in [0.2, 0.25) is 0 Å². The fourth-order valence-electron chi connectivity index (χ4n) is 2.92. The van der Waals surface area contributed by atoms with Crippen LogP contribution in [-0.4, -0.2) is 36.6 Å². The Balaban J connectivity index is 2.17. The van der Waals surface area contributed by atoms with Crippen molar-refractivity contribution in [3.63, 3.8) is 0 Å². The molecule has 0 bridgehead atoms. The van der Waals surface area contributed by atoms with Gasteiger partial charge in [0.25, 0.3) is 0 Å². The molecule has 3 unspecified atom stereocenters. The van der Waals surface area contributed by atoms with Crippen LogP contribution in [0.5, 0.6) is 0 Å². The quantitative estimate of drug-likeness (QED) is 0.721. The average Bonchev–Trinajstić information content (AvgIpc) is 2.82. The van der Waals surface area contributed by atoms with Crippen molar-refractivity contribution in [2.75, 3.05) is 19.6 Å². The van der Waals surface area contributed by atoms with E-state index in [-0.39, 0.29) is 5.92 Å². The maximum Gasteiger partial charge on any atom is 0.0672 e. The third-order valence-electron chi connectivity index (χ3n) is 4.19. The van der Waals surface area contributed by atoms with Crippen molar-refractivity contribution < 1.29 is 0 Å². The Kier molecular flexibility index (Phi) is 7.31. The molecule has 0 aromatic heterocycles. The number of hydrogen-bond donors (Lipinski definition) is 1. The molecule has 0 aliphatic heterocycles. The Morgan fingerprint density at radius 2 is 2.06 bits per heavy atom. The summed E-state index contributed by atoms with van der Waals surface area (Å²) in [6.07, 6.45) is 5.94. The van der Waals surface area contributed by atoms with Gasteiger partial charge in [-0.05, 0) is 52.2 Å². The minimum Gasteiger partial charge on any atom is -0.310 e. The second kappa shape index (κ2) is 8.50. The van der Waals surface area contributed by atoms with E-state index >= 15 is 0 Å². The topological polar surface area (TPSA) is 39.1 Å². The zero-order valence-corrected chi connectivity index (χ0v) is 12.3. The van der Waals surface area contributed by atoms with Crippen LogP contribution < -0.4 is 5.32 Å². The molecule has 0 aromatic carbocycles. The summed E-state index contributed by atoms with van der Waals surface area (Å²) in [6.45, 7) is 10.2. The molecule has 3 heteroatoms. The van der Waals surface area contributed by atoms with Crippen LogP contribution >= 0.6 is 0 Å². The molecule has 0 amide bonds. The molecular weight excluding hydrogens is 222 g/mol. The van der Waals surface area contributed by atoms with Gasteiger partial charge in [-0.25, -0.2) is 0 Å². The predicted octanol–water partition coefficient (Wildman–Crippen LogP) is 2.78. The minimum atomic E-state index is 0.246. The van der Waals surface area contributed by atoms with Gasteiger partial charge in [-0.15, -0.1) is 0 Å². The van der Waals surface area contributed by atoms with Crippen molar-refractivity contribution in [1.82, 2.24) is 10.2 Å². The van der Waals surface area contributed by atoms with Crippen molar-refractivity contribution in [3.05, 3.63) is 0 Å². The van der Waals surface area contributed by atoms with E-state index < -0.39 is 0 Å². The predicted molar refractivity (Wildman–Crippen MR) is 76.4 cm³/mol. The van der Waals surface area contributed by atoms with Crippen LogP contribution in [0.15, 0.2) is 0 Å². The molecule has 3 atom stereocenters. The summed E-state index contributed by atoms with van der Waals surface area (Å²) in [7, 11) is 0. The van der Waals surface area contributed by atoms with Gasteiger partial charge in [0.1, 0.15) is 0 Å². The lowest BCUT2D eigenvalue weighted by molar-refractivity contribution is 0.286. The number of nitriles is 1. The number of hydrogen-bond acceptors (Lipinski definition) is 3. The van der Waals surface area contributed by atoms with Gasteiger partial charge >= 0.3 is 0 Å². The van der Waals surface area contributed by atoms with Crippen LogP contribution in [-0.2, 0) is 0 Å². The molecule has 1 saturated carbocycles. The minimum absolute atomic E-state index is 0.246. The molecular formula is C15H29N3. The van der Waals surface area contributed by atoms with E-state index in [9.17, 15) is 0 Å². The van der Waals surface area contributed by atoms with Gasteiger partial charge in [0, 0.05) is 12.1 Å². The average molecular weight is 251 g/mol. The molecule has 0 heterocycles. The van der Waals surface area contributed by atoms with Crippen molar-refractivity contribution in [1.29, 1.82) is 5.26 Å². The standard InChI is InChI=1S/C15H29N3/c1-4-18(5-2)11-7-8-13(3)17-15-10-6-9-14(15)12-16/h13-15,17H,4-11H2,1-3H3. The molecule has 0 saturated heterocycles. The fraction of sp³-hybridized carbons (Fsp3) is 0.933.